The molecule has 156 valence electrons. The largest absolute Gasteiger partial charge is 0.493 e. The van der Waals surface area contributed by atoms with Gasteiger partial charge in [0, 0.05) is 35.7 Å². The number of fused-ring (bicyclic) bond motifs is 1. The van der Waals surface area contributed by atoms with Crippen LogP contribution in [0.3, 0.4) is 0 Å². The third-order valence-corrected chi connectivity index (χ3v) is 5.59. The van der Waals surface area contributed by atoms with E-state index in [-0.39, 0.29) is 5.91 Å². The minimum atomic E-state index is -0.0545. The number of rotatable bonds is 7. The van der Waals surface area contributed by atoms with Crippen molar-refractivity contribution in [2.24, 2.45) is 0 Å². The summed E-state index contributed by atoms with van der Waals surface area (Å²) in [6.07, 6.45) is 2.52. The van der Waals surface area contributed by atoms with E-state index in [0.29, 0.717) is 18.7 Å². The Hall–Kier alpha value is -2.92. The summed E-state index contributed by atoms with van der Waals surface area (Å²) in [6.45, 7) is 8.44. The van der Waals surface area contributed by atoms with Crippen LogP contribution in [0.5, 0.6) is 5.75 Å². The minimum Gasteiger partial charge on any atom is -0.493 e. The fourth-order valence-corrected chi connectivity index (χ4v) is 3.92. The van der Waals surface area contributed by atoms with Gasteiger partial charge in [-0.15, -0.1) is 0 Å². The van der Waals surface area contributed by atoms with Gasteiger partial charge in [-0.05, 0) is 58.0 Å². The van der Waals surface area contributed by atoms with E-state index >= 15 is 0 Å². The number of nitrogens with one attached hydrogen (secondary N) is 1. The number of likely N-dealkylation sites (tertiary alicyclic amines) is 1. The third-order valence-electron chi connectivity index (χ3n) is 5.59. The van der Waals surface area contributed by atoms with Crippen LogP contribution in [-0.4, -0.2) is 48.6 Å². The Kier molecular flexibility index (Phi) is 6.29. The summed E-state index contributed by atoms with van der Waals surface area (Å²) < 4.78 is 5.91. The van der Waals surface area contributed by atoms with Gasteiger partial charge in [0.05, 0.1) is 17.8 Å². The lowest BCUT2D eigenvalue weighted by molar-refractivity contribution is 0.0950. The van der Waals surface area contributed by atoms with Crippen molar-refractivity contribution in [1.29, 1.82) is 0 Å². The van der Waals surface area contributed by atoms with Gasteiger partial charge < -0.3 is 15.0 Å². The van der Waals surface area contributed by atoms with Crippen LogP contribution >= 0.6 is 0 Å². The van der Waals surface area contributed by atoms with Crippen molar-refractivity contribution in [3.8, 4) is 17.0 Å². The molecule has 3 aromatic rings. The van der Waals surface area contributed by atoms with Crippen LogP contribution in [-0.2, 0) is 0 Å². The molecule has 0 aliphatic carbocycles. The average molecular weight is 404 g/mol. The second kappa shape index (κ2) is 9.26. The fraction of sp³-hybridized carbons (Fsp3) is 0.360. The van der Waals surface area contributed by atoms with Crippen LogP contribution in [0.15, 0.2) is 48.5 Å². The molecule has 1 N–H and O–H groups in total. The molecule has 1 saturated heterocycles. The topological polar surface area (TPSA) is 54.5 Å². The molecule has 0 atom stereocenters. The van der Waals surface area contributed by atoms with Crippen molar-refractivity contribution in [3.05, 3.63) is 59.7 Å². The molecule has 1 aromatic heterocycles. The Morgan fingerprint density at radius 1 is 1.10 bits per heavy atom. The standard InChI is InChI=1S/C25H29N3O2/c1-3-30-24-17-23(19-8-6-18(2)7-9-19)27-22-11-10-20(16-21(22)24)25(29)26-12-15-28-13-4-5-14-28/h6-11,16-17H,3-5,12-15H2,1-2H3,(H,26,29). The summed E-state index contributed by atoms with van der Waals surface area (Å²) in [5, 5.41) is 3.90. The maximum atomic E-state index is 12.7. The Bertz CT molecular complexity index is 1020. The second-order valence-electron chi connectivity index (χ2n) is 7.84. The molecule has 2 heterocycles. The van der Waals surface area contributed by atoms with Gasteiger partial charge in [0.25, 0.3) is 5.91 Å². The first kappa shape index (κ1) is 20.4. The van der Waals surface area contributed by atoms with Gasteiger partial charge in [-0.25, -0.2) is 4.98 Å². The van der Waals surface area contributed by atoms with E-state index in [2.05, 4.69) is 41.4 Å². The van der Waals surface area contributed by atoms with Gasteiger partial charge >= 0.3 is 0 Å². The van der Waals surface area contributed by atoms with E-state index in [1.165, 1.54) is 18.4 Å². The monoisotopic (exact) mass is 403 g/mol. The SMILES string of the molecule is CCOc1cc(-c2ccc(C)cc2)nc2ccc(C(=O)NCCN3CCCC3)cc12. The highest BCUT2D eigenvalue weighted by molar-refractivity contribution is 5.99. The number of aryl methyl sites for hydroxylation is 1. The molecule has 4 rings (SSSR count). The summed E-state index contributed by atoms with van der Waals surface area (Å²) >= 11 is 0. The van der Waals surface area contributed by atoms with Gasteiger partial charge in [-0.3, -0.25) is 4.79 Å². The molecule has 1 aliphatic heterocycles. The minimum absolute atomic E-state index is 0.0545. The van der Waals surface area contributed by atoms with E-state index in [0.717, 1.165) is 47.5 Å². The normalized spacial score (nSPS) is 14.2. The van der Waals surface area contributed by atoms with E-state index in [9.17, 15) is 4.79 Å². The maximum Gasteiger partial charge on any atom is 0.251 e. The number of aromatic nitrogens is 1. The van der Waals surface area contributed by atoms with E-state index in [1.807, 2.05) is 31.2 Å². The van der Waals surface area contributed by atoms with Gasteiger partial charge in [0.1, 0.15) is 5.75 Å². The maximum absolute atomic E-state index is 12.7. The first-order valence-corrected chi connectivity index (χ1v) is 10.8. The van der Waals surface area contributed by atoms with Crippen molar-refractivity contribution < 1.29 is 9.53 Å². The van der Waals surface area contributed by atoms with Crippen molar-refractivity contribution in [2.45, 2.75) is 26.7 Å². The molecule has 0 radical (unpaired) electrons. The third kappa shape index (κ3) is 4.62. The van der Waals surface area contributed by atoms with Gasteiger partial charge in [0.15, 0.2) is 0 Å². The molecule has 0 bridgehead atoms. The molecule has 2 aromatic carbocycles. The Morgan fingerprint density at radius 3 is 2.60 bits per heavy atom. The average Bonchev–Trinajstić information content (AvgIpc) is 3.27. The van der Waals surface area contributed by atoms with Gasteiger partial charge in [-0.1, -0.05) is 29.8 Å². The first-order chi connectivity index (χ1) is 14.6. The predicted molar refractivity (Wildman–Crippen MR) is 121 cm³/mol. The zero-order chi connectivity index (χ0) is 20.9. The van der Waals surface area contributed by atoms with Crippen LogP contribution in [0.4, 0.5) is 0 Å². The lowest BCUT2D eigenvalue weighted by Gasteiger charge is -2.15. The quantitative estimate of drug-likeness (QED) is 0.634. The lowest BCUT2D eigenvalue weighted by atomic mass is 10.1. The molecule has 1 fully saturated rings. The van der Waals surface area contributed by atoms with Crippen LogP contribution in [0.25, 0.3) is 22.2 Å². The second-order valence-corrected chi connectivity index (χ2v) is 7.84. The highest BCUT2D eigenvalue weighted by atomic mass is 16.5. The molecule has 30 heavy (non-hydrogen) atoms. The summed E-state index contributed by atoms with van der Waals surface area (Å²) in [6, 6.07) is 15.9. The van der Waals surface area contributed by atoms with Gasteiger partial charge in [-0.2, -0.15) is 0 Å². The number of ether oxygens (including phenoxy) is 1. The Morgan fingerprint density at radius 2 is 1.87 bits per heavy atom. The van der Waals surface area contributed by atoms with E-state index in [4.69, 9.17) is 9.72 Å². The Balaban J connectivity index is 1.57. The highest BCUT2D eigenvalue weighted by Crippen LogP contribution is 2.31. The number of hydrogen-bond donors (Lipinski definition) is 1. The van der Waals surface area contributed by atoms with Crippen LogP contribution < -0.4 is 10.1 Å². The molecular weight excluding hydrogens is 374 g/mol. The summed E-state index contributed by atoms with van der Waals surface area (Å²) in [5.41, 5.74) is 4.59. The van der Waals surface area contributed by atoms with E-state index < -0.39 is 0 Å². The fourth-order valence-electron chi connectivity index (χ4n) is 3.92. The molecule has 0 spiro atoms. The smallest absolute Gasteiger partial charge is 0.251 e. The summed E-state index contributed by atoms with van der Waals surface area (Å²) in [4.78, 5) is 19.9. The zero-order valence-corrected chi connectivity index (χ0v) is 17.8. The van der Waals surface area contributed by atoms with Crippen molar-refractivity contribution in [1.82, 2.24) is 15.2 Å². The van der Waals surface area contributed by atoms with E-state index in [1.54, 1.807) is 0 Å². The first-order valence-electron chi connectivity index (χ1n) is 10.8. The number of carbonyl (C=O) groups is 1. The molecule has 0 unspecified atom stereocenters. The number of amides is 1. The number of pyridine rings is 1. The van der Waals surface area contributed by atoms with Crippen LogP contribution in [0.1, 0.15) is 35.7 Å². The Labute approximate surface area is 178 Å². The predicted octanol–water partition coefficient (Wildman–Crippen LogP) is 4.43. The van der Waals surface area contributed by atoms with Crippen LogP contribution in [0.2, 0.25) is 0 Å². The zero-order valence-electron chi connectivity index (χ0n) is 17.8. The number of nitrogens with zero attached hydrogens (tertiary/aromatic N) is 2. The molecule has 1 amide bonds. The van der Waals surface area contributed by atoms with Crippen LogP contribution in [0, 0.1) is 6.92 Å². The van der Waals surface area contributed by atoms with Crippen molar-refractivity contribution in [2.75, 3.05) is 32.8 Å². The molecule has 5 heteroatoms. The lowest BCUT2D eigenvalue weighted by Crippen LogP contribution is -2.33. The molecule has 0 saturated carbocycles. The highest BCUT2D eigenvalue weighted by Gasteiger charge is 2.14. The molecular formula is C25H29N3O2. The number of carbonyl (C=O) groups excluding carboxylic acids is 1. The summed E-state index contributed by atoms with van der Waals surface area (Å²) in [7, 11) is 0. The van der Waals surface area contributed by atoms with Crippen molar-refractivity contribution >= 4 is 16.8 Å². The summed E-state index contributed by atoms with van der Waals surface area (Å²) in [5.74, 6) is 0.700. The molecule has 5 nitrogen and oxygen atoms in total. The molecule has 1 aliphatic rings. The van der Waals surface area contributed by atoms with Crippen molar-refractivity contribution in [3.63, 3.8) is 0 Å². The van der Waals surface area contributed by atoms with Gasteiger partial charge in [0.2, 0.25) is 0 Å². The number of hydrogen-bond acceptors (Lipinski definition) is 4. The number of benzene rings is 2.